The Hall–Kier alpha value is -0.900. The second-order valence-corrected chi connectivity index (χ2v) is 9.06. The van der Waals surface area contributed by atoms with Crippen molar-refractivity contribution in [2.24, 2.45) is 4.99 Å². The fourth-order valence-electron chi connectivity index (χ4n) is 3.07. The highest BCUT2D eigenvalue weighted by molar-refractivity contribution is 7.89. The highest BCUT2D eigenvalue weighted by atomic mass is 32.2. The number of sulfonamides is 1. The molecule has 27 heavy (non-hydrogen) atoms. The van der Waals surface area contributed by atoms with E-state index >= 15 is 0 Å². The first kappa shape index (κ1) is 24.1. The van der Waals surface area contributed by atoms with Crippen molar-refractivity contribution in [3.63, 3.8) is 0 Å². The maximum Gasteiger partial charge on any atom is 0.216 e. The van der Waals surface area contributed by atoms with Gasteiger partial charge in [-0.1, -0.05) is 13.8 Å². The summed E-state index contributed by atoms with van der Waals surface area (Å²) in [5, 5.41) is 3.40. The van der Waals surface area contributed by atoms with Crippen LogP contribution in [0.25, 0.3) is 0 Å². The van der Waals surface area contributed by atoms with E-state index in [9.17, 15) is 8.42 Å². The minimum absolute atomic E-state index is 0.0452. The van der Waals surface area contributed by atoms with Gasteiger partial charge in [-0.25, -0.2) is 8.42 Å². The minimum Gasteiger partial charge on any atom is -0.378 e. The van der Waals surface area contributed by atoms with Gasteiger partial charge >= 0.3 is 0 Å². The summed E-state index contributed by atoms with van der Waals surface area (Å²) in [6.45, 7) is 14.8. The molecule has 1 aliphatic rings. The van der Waals surface area contributed by atoms with Gasteiger partial charge in [-0.2, -0.15) is 4.31 Å². The Labute approximate surface area is 166 Å². The molecule has 8 nitrogen and oxygen atoms in total. The zero-order valence-electron chi connectivity index (χ0n) is 17.8. The van der Waals surface area contributed by atoms with Gasteiger partial charge in [0.05, 0.1) is 18.5 Å². The smallest absolute Gasteiger partial charge is 0.216 e. The number of ether oxygens (including phenoxy) is 1. The predicted octanol–water partition coefficient (Wildman–Crippen LogP) is 0.666. The molecule has 0 aliphatic carbocycles. The van der Waals surface area contributed by atoms with Crippen LogP contribution in [0.4, 0.5) is 0 Å². The van der Waals surface area contributed by atoms with E-state index in [0.29, 0.717) is 26.2 Å². The molecule has 0 spiro atoms. The molecule has 1 saturated heterocycles. The number of hydrogen-bond acceptors (Lipinski definition) is 5. The highest BCUT2D eigenvalue weighted by Crippen LogP contribution is 2.09. The van der Waals surface area contributed by atoms with Crippen LogP contribution in [0, 0.1) is 0 Å². The molecular weight excluding hydrogens is 366 g/mol. The molecule has 0 aromatic heterocycles. The van der Waals surface area contributed by atoms with Gasteiger partial charge in [-0.3, -0.25) is 4.99 Å². The zero-order chi connectivity index (χ0) is 20.3. The van der Waals surface area contributed by atoms with Gasteiger partial charge in [0.15, 0.2) is 5.96 Å². The standard InChI is InChI=1S/C18H39N5O3S/c1-6-21(7-2)10-8-9-20-18(19-5)22-11-13-23(14-12-22)27(24,25)16-15-26-17(3)4/h17H,6-16H2,1-5H3,(H,19,20). The van der Waals surface area contributed by atoms with Gasteiger partial charge < -0.3 is 19.9 Å². The number of nitrogens with one attached hydrogen (secondary N) is 1. The highest BCUT2D eigenvalue weighted by Gasteiger charge is 2.27. The number of guanidine groups is 1. The minimum atomic E-state index is -3.26. The lowest BCUT2D eigenvalue weighted by Crippen LogP contribution is -2.54. The second kappa shape index (κ2) is 12.5. The van der Waals surface area contributed by atoms with Crippen molar-refractivity contribution >= 4 is 16.0 Å². The van der Waals surface area contributed by atoms with Gasteiger partial charge in [0, 0.05) is 39.8 Å². The number of hydrogen-bond donors (Lipinski definition) is 1. The molecule has 0 aromatic rings. The quantitative estimate of drug-likeness (QED) is 0.309. The van der Waals surface area contributed by atoms with E-state index < -0.39 is 10.0 Å². The summed E-state index contributed by atoms with van der Waals surface area (Å²) in [6.07, 6.45) is 1.11. The summed E-state index contributed by atoms with van der Waals surface area (Å²) in [5.41, 5.74) is 0. The van der Waals surface area contributed by atoms with Gasteiger partial charge in [0.25, 0.3) is 0 Å². The summed E-state index contributed by atoms with van der Waals surface area (Å²) in [7, 11) is -1.48. The Morgan fingerprint density at radius 3 is 2.33 bits per heavy atom. The van der Waals surface area contributed by atoms with Crippen molar-refractivity contribution < 1.29 is 13.2 Å². The average molecular weight is 406 g/mol. The van der Waals surface area contributed by atoms with Crippen LogP contribution >= 0.6 is 0 Å². The first-order valence-electron chi connectivity index (χ1n) is 10.1. The Morgan fingerprint density at radius 1 is 1.19 bits per heavy atom. The lowest BCUT2D eigenvalue weighted by molar-refractivity contribution is 0.0904. The van der Waals surface area contributed by atoms with Crippen LogP contribution in [0.15, 0.2) is 4.99 Å². The second-order valence-electron chi connectivity index (χ2n) is 6.98. The molecule has 9 heteroatoms. The normalized spacial score (nSPS) is 17.1. The van der Waals surface area contributed by atoms with Gasteiger partial charge in [0.1, 0.15) is 0 Å². The van der Waals surface area contributed by atoms with Crippen molar-refractivity contribution in [2.45, 2.75) is 40.2 Å². The Bertz CT molecular complexity index is 527. The van der Waals surface area contributed by atoms with Crippen molar-refractivity contribution in [2.75, 3.05) is 71.8 Å². The lowest BCUT2D eigenvalue weighted by atomic mass is 10.3. The van der Waals surface area contributed by atoms with Crippen LogP contribution in [0.3, 0.4) is 0 Å². The molecule has 0 aromatic carbocycles. The zero-order valence-corrected chi connectivity index (χ0v) is 18.6. The Balaban J connectivity index is 2.38. The third-order valence-corrected chi connectivity index (χ3v) is 6.60. The molecule has 1 heterocycles. The Kier molecular flexibility index (Phi) is 11.2. The molecule has 1 rings (SSSR count). The molecule has 0 bridgehead atoms. The fourth-order valence-corrected chi connectivity index (χ4v) is 4.36. The SMILES string of the molecule is CCN(CC)CCCNC(=NC)N1CCN(S(=O)(=O)CCOC(C)C)CC1. The third-order valence-electron chi connectivity index (χ3n) is 4.76. The van der Waals surface area contributed by atoms with Gasteiger partial charge in [0.2, 0.25) is 10.0 Å². The maximum absolute atomic E-state index is 12.4. The third kappa shape index (κ3) is 8.76. The summed E-state index contributed by atoms with van der Waals surface area (Å²) in [4.78, 5) is 8.89. The number of piperazine rings is 1. The number of rotatable bonds is 11. The molecule has 0 amide bonds. The average Bonchev–Trinajstić information content (AvgIpc) is 2.64. The maximum atomic E-state index is 12.4. The van der Waals surface area contributed by atoms with Crippen LogP contribution in [0.1, 0.15) is 34.1 Å². The van der Waals surface area contributed by atoms with Crippen LogP contribution in [-0.4, -0.2) is 106 Å². The molecule has 0 saturated carbocycles. The van der Waals surface area contributed by atoms with Gasteiger partial charge in [-0.15, -0.1) is 0 Å². The van der Waals surface area contributed by atoms with E-state index in [4.69, 9.17) is 4.74 Å². The number of aliphatic imine (C=N–C) groups is 1. The molecule has 0 radical (unpaired) electrons. The fraction of sp³-hybridized carbons (Fsp3) is 0.944. The lowest BCUT2D eigenvalue weighted by Gasteiger charge is -2.36. The van der Waals surface area contributed by atoms with E-state index in [2.05, 4.69) is 34.0 Å². The van der Waals surface area contributed by atoms with Crippen LogP contribution < -0.4 is 5.32 Å². The Morgan fingerprint density at radius 2 is 1.81 bits per heavy atom. The molecule has 0 atom stereocenters. The van der Waals surface area contributed by atoms with Crippen molar-refractivity contribution in [1.29, 1.82) is 0 Å². The first-order chi connectivity index (χ1) is 12.8. The summed E-state index contributed by atoms with van der Waals surface area (Å²) >= 11 is 0. The molecule has 1 fully saturated rings. The van der Waals surface area contributed by atoms with E-state index in [1.165, 1.54) is 0 Å². The van der Waals surface area contributed by atoms with Crippen molar-refractivity contribution in [3.8, 4) is 0 Å². The summed E-state index contributed by atoms with van der Waals surface area (Å²) < 4.78 is 31.8. The number of nitrogens with zero attached hydrogens (tertiary/aromatic N) is 4. The topological polar surface area (TPSA) is 77.5 Å². The molecule has 1 aliphatic heterocycles. The van der Waals surface area contributed by atoms with Crippen LogP contribution in [0.2, 0.25) is 0 Å². The first-order valence-corrected chi connectivity index (χ1v) is 11.7. The van der Waals surface area contributed by atoms with E-state index in [-0.39, 0.29) is 18.5 Å². The van der Waals surface area contributed by atoms with Crippen molar-refractivity contribution in [1.82, 2.24) is 19.4 Å². The van der Waals surface area contributed by atoms with Gasteiger partial charge in [-0.05, 0) is 39.9 Å². The summed E-state index contributed by atoms with van der Waals surface area (Å²) in [5.74, 6) is 0.901. The van der Waals surface area contributed by atoms with Crippen LogP contribution in [0.5, 0.6) is 0 Å². The van der Waals surface area contributed by atoms with E-state index in [1.54, 1.807) is 11.4 Å². The molecule has 160 valence electrons. The molecular formula is C18H39N5O3S. The van der Waals surface area contributed by atoms with Crippen LogP contribution in [-0.2, 0) is 14.8 Å². The molecule has 1 N–H and O–H groups in total. The van der Waals surface area contributed by atoms with E-state index in [0.717, 1.165) is 38.6 Å². The largest absolute Gasteiger partial charge is 0.378 e. The summed E-state index contributed by atoms with van der Waals surface area (Å²) in [6, 6.07) is 0. The predicted molar refractivity (Wildman–Crippen MR) is 112 cm³/mol. The molecule has 0 unspecified atom stereocenters. The van der Waals surface area contributed by atoms with Crippen molar-refractivity contribution in [3.05, 3.63) is 0 Å². The monoisotopic (exact) mass is 405 g/mol. The van der Waals surface area contributed by atoms with E-state index in [1.807, 2.05) is 13.8 Å².